The molecule has 0 N–H and O–H groups in total. The quantitative estimate of drug-likeness (QED) is 0.257. The molecule has 0 aliphatic carbocycles. The number of oxazole rings is 1. The molecule has 1 heterocycles. The van der Waals surface area contributed by atoms with Crippen LogP contribution in [0.25, 0.3) is 11.1 Å². The summed E-state index contributed by atoms with van der Waals surface area (Å²) in [4.78, 5) is 0.517. The molecule has 0 saturated heterocycles. The Morgan fingerprint density at radius 2 is 1.03 bits per heavy atom. The van der Waals surface area contributed by atoms with E-state index in [0.29, 0.717) is 4.84 Å². The number of hydrogen-bond donors (Lipinski definition) is 0. The van der Waals surface area contributed by atoms with Crippen molar-refractivity contribution in [3.05, 3.63) is 120 Å². The second-order valence-corrected chi connectivity index (χ2v) is 11.0. The van der Waals surface area contributed by atoms with Gasteiger partial charge >= 0.3 is 0 Å². The molecule has 5 rings (SSSR count). The van der Waals surface area contributed by atoms with E-state index >= 15 is 0 Å². The first-order valence-corrected chi connectivity index (χ1v) is 12.3. The number of para-hydroxylation sites is 2. The van der Waals surface area contributed by atoms with Gasteiger partial charge in [0.05, 0.1) is 5.52 Å². The average Bonchev–Trinajstić information content (AvgIpc) is 3.14. The molecule has 0 fully saturated rings. The molecule has 4 aromatic carbocycles. The molecule has 0 aliphatic rings. The molecular weight excluding hydrogens is 405 g/mol. The van der Waals surface area contributed by atoms with Crippen molar-refractivity contribution < 1.29 is 4.42 Å². The number of fused-ring (bicyclic) bond motifs is 1. The summed E-state index contributed by atoms with van der Waals surface area (Å²) >= 11 is 5.68. The Hall–Kier alpha value is -3.00. The molecule has 0 atom stereocenters. The molecule has 5 aromatic rings. The third-order valence-electron chi connectivity index (χ3n) is 5.52. The minimum absolute atomic E-state index is 0.517. The highest BCUT2D eigenvalue weighted by Gasteiger charge is 2.46. The summed E-state index contributed by atoms with van der Waals surface area (Å²) in [6.07, 6.45) is 0.751. The lowest BCUT2D eigenvalue weighted by Crippen LogP contribution is -2.34. The zero-order valence-corrected chi connectivity index (χ0v) is 18.1. The topological polar surface area (TPSA) is 18.1 Å². The molecule has 0 amide bonds. The van der Waals surface area contributed by atoms with Gasteiger partial charge in [0.15, 0.2) is 11.9 Å². The van der Waals surface area contributed by atoms with Crippen LogP contribution in [0.2, 0.25) is 0 Å². The van der Waals surface area contributed by atoms with Gasteiger partial charge in [-0.05, 0) is 60.7 Å². The highest BCUT2D eigenvalue weighted by molar-refractivity contribution is 7.94. The highest BCUT2D eigenvalue weighted by Crippen LogP contribution is 2.57. The summed E-state index contributed by atoms with van der Waals surface area (Å²) in [5.41, 5.74) is 1.87. The fraction of sp³-hybridized carbons (Fsp3) is 0.0385. The van der Waals surface area contributed by atoms with Gasteiger partial charge in [-0.2, -0.15) is 0 Å². The third-order valence-corrected chi connectivity index (χ3v) is 10.1. The van der Waals surface area contributed by atoms with Crippen LogP contribution in [0, 0.1) is 4.84 Å². The Morgan fingerprint density at radius 1 is 0.600 bits per heavy atom. The van der Waals surface area contributed by atoms with Crippen molar-refractivity contribution in [3.63, 3.8) is 0 Å². The van der Waals surface area contributed by atoms with E-state index in [0.717, 1.165) is 17.4 Å². The van der Waals surface area contributed by atoms with Gasteiger partial charge < -0.3 is 4.42 Å². The van der Waals surface area contributed by atoms with Crippen LogP contribution in [0.1, 0.15) is 0 Å². The number of benzene rings is 4. The minimum Gasteiger partial charge on any atom is -0.429 e. The van der Waals surface area contributed by atoms with Gasteiger partial charge in [0.25, 0.3) is 4.84 Å². The van der Waals surface area contributed by atoms with Crippen molar-refractivity contribution in [2.24, 2.45) is 0 Å². The molecule has 0 spiro atoms. The number of aromatic nitrogens is 1. The second kappa shape index (κ2) is 8.02. The third kappa shape index (κ3) is 3.21. The molecule has 0 bridgehead atoms. The van der Waals surface area contributed by atoms with Crippen LogP contribution in [0.4, 0.5) is 0 Å². The van der Waals surface area contributed by atoms with E-state index in [1.165, 1.54) is 15.9 Å². The van der Waals surface area contributed by atoms with Crippen molar-refractivity contribution in [2.45, 2.75) is 6.29 Å². The Labute approximate surface area is 181 Å². The summed E-state index contributed by atoms with van der Waals surface area (Å²) in [5, 5.41) is 3.98. The predicted molar refractivity (Wildman–Crippen MR) is 130 cm³/mol. The molecule has 0 saturated carbocycles. The zero-order valence-electron chi connectivity index (χ0n) is 16.4. The molecule has 4 heteroatoms. The van der Waals surface area contributed by atoms with E-state index in [1.807, 2.05) is 18.2 Å². The molecule has 1 aromatic heterocycles. The van der Waals surface area contributed by atoms with Crippen LogP contribution < -0.4 is 15.9 Å². The summed E-state index contributed by atoms with van der Waals surface area (Å²) in [7, 11) is -2.04. The molecule has 0 unspecified atom stereocenters. The van der Waals surface area contributed by atoms with Crippen molar-refractivity contribution in [3.8, 4) is 0 Å². The van der Waals surface area contributed by atoms with E-state index in [9.17, 15) is 0 Å². The number of nitrogens with zero attached hydrogens (tertiary/aromatic N) is 1. The van der Waals surface area contributed by atoms with Gasteiger partial charge in [0.1, 0.15) is 23.2 Å². The largest absolute Gasteiger partial charge is 0.429 e. The first-order chi connectivity index (χ1) is 14.8. The summed E-state index contributed by atoms with van der Waals surface area (Å²) < 4.78 is 8.12. The van der Waals surface area contributed by atoms with E-state index < -0.39 is 7.26 Å². The van der Waals surface area contributed by atoms with Crippen LogP contribution >= 0.6 is 19.5 Å². The maximum atomic E-state index is 5.95. The zero-order chi connectivity index (χ0) is 20.4. The Bertz CT molecular complexity index is 1230. The SMILES string of the molecule is S=c1oc2ccccc2n1C[P+](c1ccccc1)(c1ccccc1)c1ccccc1. The fourth-order valence-corrected chi connectivity index (χ4v) is 8.58. The Balaban J connectivity index is 1.84. The lowest BCUT2D eigenvalue weighted by molar-refractivity contribution is 0.556. The van der Waals surface area contributed by atoms with Gasteiger partial charge in [-0.1, -0.05) is 66.7 Å². The second-order valence-electron chi connectivity index (χ2n) is 7.22. The Morgan fingerprint density at radius 3 is 1.53 bits per heavy atom. The minimum atomic E-state index is -2.04. The van der Waals surface area contributed by atoms with Crippen molar-refractivity contribution in [1.29, 1.82) is 0 Å². The standard InChI is InChI=1S/C26H21NOPS/c30-26-27(24-18-10-11-19-25(24)28-26)20-29(21-12-4-1-5-13-21,22-14-6-2-7-15-22)23-16-8-3-9-17-23/h1-19H,20H2/q+1. The summed E-state index contributed by atoms with van der Waals surface area (Å²) in [6, 6.07) is 40.6. The van der Waals surface area contributed by atoms with Gasteiger partial charge in [-0.3, -0.25) is 4.57 Å². The van der Waals surface area contributed by atoms with Crippen molar-refractivity contribution in [2.75, 3.05) is 0 Å². The van der Waals surface area contributed by atoms with Crippen molar-refractivity contribution >= 4 is 46.5 Å². The van der Waals surface area contributed by atoms with E-state index in [-0.39, 0.29) is 0 Å². The van der Waals surface area contributed by atoms with Crippen LogP contribution in [-0.2, 0) is 6.29 Å². The average molecular weight is 427 g/mol. The number of hydrogen-bond acceptors (Lipinski definition) is 2. The predicted octanol–water partition coefficient (Wildman–Crippen LogP) is 5.92. The van der Waals surface area contributed by atoms with Crippen LogP contribution in [0.15, 0.2) is 120 Å². The molecular formula is C26H21NOPS+. The molecule has 30 heavy (non-hydrogen) atoms. The van der Waals surface area contributed by atoms with Gasteiger partial charge in [0, 0.05) is 0 Å². The summed E-state index contributed by atoms with van der Waals surface area (Å²) in [5.74, 6) is 0. The van der Waals surface area contributed by atoms with E-state index in [1.54, 1.807) is 0 Å². The normalized spacial score (nSPS) is 11.6. The monoisotopic (exact) mass is 426 g/mol. The van der Waals surface area contributed by atoms with Gasteiger partial charge in [0.2, 0.25) is 0 Å². The molecule has 0 aliphatic heterocycles. The smallest absolute Gasteiger partial charge is 0.272 e. The van der Waals surface area contributed by atoms with Crippen LogP contribution in [0.3, 0.4) is 0 Å². The van der Waals surface area contributed by atoms with Crippen LogP contribution in [-0.4, -0.2) is 4.57 Å². The lowest BCUT2D eigenvalue weighted by Gasteiger charge is -2.27. The van der Waals surface area contributed by atoms with Gasteiger partial charge in [-0.15, -0.1) is 0 Å². The van der Waals surface area contributed by atoms with Gasteiger partial charge in [-0.25, -0.2) is 0 Å². The number of rotatable bonds is 5. The first-order valence-electron chi connectivity index (χ1n) is 9.92. The fourth-order valence-electron chi connectivity index (χ4n) is 4.10. The molecule has 146 valence electrons. The van der Waals surface area contributed by atoms with E-state index in [4.69, 9.17) is 16.6 Å². The summed E-state index contributed by atoms with van der Waals surface area (Å²) in [6.45, 7) is 0. The maximum absolute atomic E-state index is 5.95. The first kappa shape index (κ1) is 19.0. The lowest BCUT2D eigenvalue weighted by atomic mass is 10.3. The highest BCUT2D eigenvalue weighted by atomic mass is 32.1. The maximum Gasteiger partial charge on any atom is 0.272 e. The molecule has 0 radical (unpaired) electrons. The van der Waals surface area contributed by atoms with E-state index in [2.05, 4.69) is 102 Å². The Kier molecular flexibility index (Phi) is 5.08. The molecule has 2 nitrogen and oxygen atoms in total. The van der Waals surface area contributed by atoms with Crippen molar-refractivity contribution in [1.82, 2.24) is 4.57 Å². The van der Waals surface area contributed by atoms with Crippen LogP contribution in [0.5, 0.6) is 0 Å².